The number of carbonyl (C=O) groups is 1. The van der Waals surface area contributed by atoms with Crippen molar-refractivity contribution >= 4 is 5.91 Å². The zero-order valence-corrected chi connectivity index (χ0v) is 15.6. The van der Waals surface area contributed by atoms with Gasteiger partial charge in [0.15, 0.2) is 0 Å². The molecule has 2 aliphatic heterocycles. The minimum Gasteiger partial charge on any atom is -0.380 e. The summed E-state index contributed by atoms with van der Waals surface area (Å²) < 4.78 is 5.92. The molecular weight excluding hydrogens is 288 g/mol. The van der Waals surface area contributed by atoms with Gasteiger partial charge in [0.2, 0.25) is 5.91 Å². The summed E-state index contributed by atoms with van der Waals surface area (Å²) in [7, 11) is 0. The number of carbonyl (C=O) groups excluding carboxylic acids is 1. The van der Waals surface area contributed by atoms with E-state index in [9.17, 15) is 4.79 Å². The average molecular weight is 325 g/mol. The van der Waals surface area contributed by atoms with Crippen LogP contribution in [0.15, 0.2) is 0 Å². The Labute approximate surface area is 142 Å². The van der Waals surface area contributed by atoms with E-state index in [1.807, 2.05) is 25.7 Å². The zero-order chi connectivity index (χ0) is 16.9. The maximum absolute atomic E-state index is 12.3. The molecule has 0 atom stereocenters. The predicted octanol–water partition coefficient (Wildman–Crippen LogP) is 3.02. The molecular formula is C19H36N2O2. The maximum atomic E-state index is 12.3. The second-order valence-corrected chi connectivity index (χ2v) is 8.58. The summed E-state index contributed by atoms with van der Waals surface area (Å²) >= 11 is 0. The number of ether oxygens (including phenoxy) is 1. The van der Waals surface area contributed by atoms with Crippen LogP contribution in [0.1, 0.15) is 53.4 Å². The van der Waals surface area contributed by atoms with Gasteiger partial charge in [0, 0.05) is 31.7 Å². The van der Waals surface area contributed by atoms with Gasteiger partial charge in [-0.3, -0.25) is 4.79 Å². The van der Waals surface area contributed by atoms with Crippen LogP contribution in [0.4, 0.5) is 0 Å². The van der Waals surface area contributed by atoms with Gasteiger partial charge in [0.25, 0.3) is 0 Å². The van der Waals surface area contributed by atoms with Gasteiger partial charge in [-0.05, 0) is 50.6 Å². The number of likely N-dealkylation sites (tertiary alicyclic amines) is 2. The zero-order valence-electron chi connectivity index (χ0n) is 15.6. The number of rotatable bonds is 5. The van der Waals surface area contributed by atoms with Crippen molar-refractivity contribution in [3.05, 3.63) is 0 Å². The summed E-state index contributed by atoms with van der Waals surface area (Å²) in [4.78, 5) is 16.8. The van der Waals surface area contributed by atoms with E-state index in [2.05, 4.69) is 11.8 Å². The second-order valence-electron chi connectivity index (χ2n) is 8.58. The van der Waals surface area contributed by atoms with Gasteiger partial charge >= 0.3 is 0 Å². The molecule has 0 radical (unpaired) electrons. The van der Waals surface area contributed by atoms with E-state index >= 15 is 0 Å². The summed E-state index contributed by atoms with van der Waals surface area (Å²) in [6.07, 6.45) is 4.84. The quantitative estimate of drug-likeness (QED) is 0.729. The van der Waals surface area contributed by atoms with E-state index in [1.165, 1.54) is 25.9 Å². The van der Waals surface area contributed by atoms with Crippen molar-refractivity contribution in [2.45, 2.75) is 53.4 Å². The highest BCUT2D eigenvalue weighted by molar-refractivity contribution is 5.81. The highest BCUT2D eigenvalue weighted by Crippen LogP contribution is 2.23. The van der Waals surface area contributed by atoms with Crippen LogP contribution in [0.3, 0.4) is 0 Å². The van der Waals surface area contributed by atoms with Crippen molar-refractivity contribution in [3.63, 3.8) is 0 Å². The summed E-state index contributed by atoms with van der Waals surface area (Å²) in [5.41, 5.74) is -0.255. The number of hydrogen-bond acceptors (Lipinski definition) is 3. The van der Waals surface area contributed by atoms with Gasteiger partial charge in [-0.25, -0.2) is 0 Å². The molecule has 4 heteroatoms. The molecule has 0 spiro atoms. The normalized spacial score (nSPS) is 22.5. The molecule has 0 bridgehead atoms. The molecule has 0 aromatic heterocycles. The lowest BCUT2D eigenvalue weighted by Crippen LogP contribution is -2.44. The first-order valence-electron chi connectivity index (χ1n) is 9.45. The van der Waals surface area contributed by atoms with Gasteiger partial charge in [0.1, 0.15) is 0 Å². The van der Waals surface area contributed by atoms with Crippen LogP contribution in [-0.4, -0.2) is 61.6 Å². The molecule has 0 N–H and O–H groups in total. The number of piperidine rings is 2. The van der Waals surface area contributed by atoms with E-state index in [4.69, 9.17) is 4.74 Å². The predicted molar refractivity (Wildman–Crippen MR) is 94.4 cm³/mol. The first-order chi connectivity index (χ1) is 10.9. The van der Waals surface area contributed by atoms with Crippen molar-refractivity contribution in [2.75, 3.05) is 45.9 Å². The number of hydrogen-bond donors (Lipinski definition) is 0. The monoisotopic (exact) mass is 324 g/mol. The van der Waals surface area contributed by atoms with Crippen LogP contribution in [-0.2, 0) is 9.53 Å². The molecule has 2 aliphatic rings. The molecule has 2 rings (SSSR count). The molecule has 134 valence electrons. The number of amides is 1. The Morgan fingerprint density at radius 2 is 1.65 bits per heavy atom. The Morgan fingerprint density at radius 3 is 2.22 bits per heavy atom. The minimum atomic E-state index is -0.255. The molecule has 2 fully saturated rings. The topological polar surface area (TPSA) is 32.8 Å². The molecule has 2 saturated heterocycles. The van der Waals surface area contributed by atoms with E-state index in [0.29, 0.717) is 5.92 Å². The molecule has 1 amide bonds. The summed E-state index contributed by atoms with van der Waals surface area (Å²) in [5.74, 6) is 1.81. The molecule has 23 heavy (non-hydrogen) atoms. The SMILES string of the molecule is CC1CCN(CCOCC2CCN(C(=O)C(C)(C)C)CC2)CC1. The lowest BCUT2D eigenvalue weighted by atomic mass is 9.91. The third-order valence-electron chi connectivity index (χ3n) is 5.32. The molecule has 4 nitrogen and oxygen atoms in total. The van der Waals surface area contributed by atoms with Crippen molar-refractivity contribution in [2.24, 2.45) is 17.3 Å². The van der Waals surface area contributed by atoms with Crippen LogP contribution < -0.4 is 0 Å². The molecule has 0 aliphatic carbocycles. The second kappa shape index (κ2) is 8.48. The lowest BCUT2D eigenvalue weighted by Gasteiger charge is -2.35. The minimum absolute atomic E-state index is 0.255. The van der Waals surface area contributed by atoms with Crippen molar-refractivity contribution < 1.29 is 9.53 Å². The lowest BCUT2D eigenvalue weighted by molar-refractivity contribution is -0.141. The Morgan fingerprint density at radius 1 is 1.04 bits per heavy atom. The van der Waals surface area contributed by atoms with Gasteiger partial charge < -0.3 is 14.5 Å². The van der Waals surface area contributed by atoms with E-state index in [-0.39, 0.29) is 11.3 Å². The van der Waals surface area contributed by atoms with E-state index < -0.39 is 0 Å². The maximum Gasteiger partial charge on any atom is 0.227 e. The third-order valence-corrected chi connectivity index (χ3v) is 5.32. The van der Waals surface area contributed by atoms with Gasteiger partial charge in [-0.15, -0.1) is 0 Å². The molecule has 0 aromatic rings. The van der Waals surface area contributed by atoms with Crippen LogP contribution in [0, 0.1) is 17.3 Å². The molecule has 2 heterocycles. The summed E-state index contributed by atoms with van der Waals surface area (Å²) in [6.45, 7) is 15.4. The van der Waals surface area contributed by atoms with Crippen LogP contribution in [0.2, 0.25) is 0 Å². The fraction of sp³-hybridized carbons (Fsp3) is 0.947. The van der Waals surface area contributed by atoms with Crippen LogP contribution in [0.25, 0.3) is 0 Å². The van der Waals surface area contributed by atoms with E-state index in [0.717, 1.165) is 51.6 Å². The standard InChI is InChI=1S/C19H36N2O2/c1-16-5-9-20(10-6-16)13-14-23-15-17-7-11-21(12-8-17)18(22)19(2,3)4/h16-17H,5-15H2,1-4H3. The first kappa shape index (κ1) is 18.7. The largest absolute Gasteiger partial charge is 0.380 e. The van der Waals surface area contributed by atoms with Crippen LogP contribution in [0.5, 0.6) is 0 Å². The summed E-state index contributed by atoms with van der Waals surface area (Å²) in [5, 5.41) is 0. The Balaban J connectivity index is 1.56. The average Bonchev–Trinajstić information content (AvgIpc) is 2.52. The molecule has 0 saturated carbocycles. The van der Waals surface area contributed by atoms with Gasteiger partial charge in [0.05, 0.1) is 6.61 Å². The first-order valence-corrected chi connectivity index (χ1v) is 9.45. The smallest absolute Gasteiger partial charge is 0.227 e. The molecule has 0 unspecified atom stereocenters. The molecule has 0 aromatic carbocycles. The van der Waals surface area contributed by atoms with Gasteiger partial charge in [-0.1, -0.05) is 27.7 Å². The highest BCUT2D eigenvalue weighted by atomic mass is 16.5. The number of nitrogens with zero attached hydrogens (tertiary/aromatic N) is 2. The van der Waals surface area contributed by atoms with Crippen LogP contribution >= 0.6 is 0 Å². The Bertz CT molecular complexity index is 362. The van der Waals surface area contributed by atoms with Gasteiger partial charge in [-0.2, -0.15) is 0 Å². The summed E-state index contributed by atoms with van der Waals surface area (Å²) in [6, 6.07) is 0. The third kappa shape index (κ3) is 6.07. The fourth-order valence-corrected chi connectivity index (χ4v) is 3.51. The van der Waals surface area contributed by atoms with Crippen molar-refractivity contribution in [3.8, 4) is 0 Å². The van der Waals surface area contributed by atoms with E-state index in [1.54, 1.807) is 0 Å². The Kier molecular flexibility index (Phi) is 6.90. The van der Waals surface area contributed by atoms with Crippen molar-refractivity contribution in [1.29, 1.82) is 0 Å². The fourth-order valence-electron chi connectivity index (χ4n) is 3.51. The highest BCUT2D eigenvalue weighted by Gasteiger charge is 2.30. The van der Waals surface area contributed by atoms with Crippen molar-refractivity contribution in [1.82, 2.24) is 9.80 Å². The Hall–Kier alpha value is -0.610.